The summed E-state index contributed by atoms with van der Waals surface area (Å²) < 4.78 is 6.28. The fourth-order valence-corrected chi connectivity index (χ4v) is 7.50. The number of ether oxygens (including phenoxy) is 1. The molecule has 2 aliphatic carbocycles. The molecule has 2 fully saturated rings. The number of benzene rings is 2. The number of nitrogens with one attached hydrogen (secondary N) is 3. The number of rotatable bonds is 12. The van der Waals surface area contributed by atoms with Gasteiger partial charge in [-0.3, -0.25) is 9.59 Å². The highest BCUT2D eigenvalue weighted by molar-refractivity contribution is 6.30. The molecule has 2 aromatic rings. The van der Waals surface area contributed by atoms with E-state index in [1.165, 1.54) is 17.5 Å². The van der Waals surface area contributed by atoms with E-state index in [2.05, 4.69) is 28.1 Å². The van der Waals surface area contributed by atoms with Crippen molar-refractivity contribution in [2.75, 3.05) is 6.54 Å². The maximum atomic E-state index is 13.8. The van der Waals surface area contributed by atoms with E-state index in [1.54, 1.807) is 0 Å². The van der Waals surface area contributed by atoms with Crippen molar-refractivity contribution in [1.29, 1.82) is 0 Å². The molecule has 8 nitrogen and oxygen atoms in total. The molecule has 0 aromatic heterocycles. The van der Waals surface area contributed by atoms with Gasteiger partial charge >= 0.3 is 6.09 Å². The van der Waals surface area contributed by atoms with Crippen molar-refractivity contribution in [1.82, 2.24) is 16.0 Å². The molecule has 1 aliphatic heterocycles. The monoisotopic (exact) mass is 635 g/mol. The van der Waals surface area contributed by atoms with E-state index < -0.39 is 35.6 Å². The molecule has 2 aromatic carbocycles. The highest BCUT2D eigenvalue weighted by Gasteiger charge is 2.38. The van der Waals surface area contributed by atoms with Crippen molar-refractivity contribution in [3.05, 3.63) is 69.7 Å². The van der Waals surface area contributed by atoms with Gasteiger partial charge in [0, 0.05) is 22.9 Å². The molecule has 1 saturated carbocycles. The maximum Gasteiger partial charge on any atom is 0.408 e. The van der Waals surface area contributed by atoms with Crippen molar-refractivity contribution in [3.8, 4) is 0 Å². The van der Waals surface area contributed by atoms with Crippen LogP contribution in [0.2, 0.25) is 5.02 Å². The summed E-state index contributed by atoms with van der Waals surface area (Å²) in [4.78, 5) is 51.5. The van der Waals surface area contributed by atoms with Gasteiger partial charge in [0.15, 0.2) is 0 Å². The molecule has 4 atom stereocenters. The number of fused-ring (bicyclic) bond motifs is 1. The van der Waals surface area contributed by atoms with Gasteiger partial charge in [0.25, 0.3) is 0 Å². The second-order valence-electron chi connectivity index (χ2n) is 13.6. The zero-order valence-electron chi connectivity index (χ0n) is 26.4. The van der Waals surface area contributed by atoms with Gasteiger partial charge in [0.1, 0.15) is 18.4 Å². The molecule has 1 saturated heterocycles. The topological polar surface area (TPSA) is 114 Å². The van der Waals surface area contributed by atoms with Gasteiger partial charge < -0.3 is 25.5 Å². The first-order valence-corrected chi connectivity index (χ1v) is 16.9. The first-order chi connectivity index (χ1) is 21.6. The summed E-state index contributed by atoms with van der Waals surface area (Å²) in [5.41, 5.74) is 3.76. The normalized spacial score (nSPS) is 20.4. The van der Waals surface area contributed by atoms with Crippen LogP contribution < -0.4 is 16.0 Å². The number of aryl methyl sites for hydroxylation is 2. The zero-order chi connectivity index (χ0) is 32.0. The Balaban J connectivity index is 1.36. The highest BCUT2D eigenvalue weighted by Crippen LogP contribution is 2.41. The third-order valence-corrected chi connectivity index (χ3v) is 10.2. The molecule has 0 bridgehead atoms. The number of aldehydes is 1. The Labute approximate surface area is 271 Å². The van der Waals surface area contributed by atoms with Crippen LogP contribution in [0.5, 0.6) is 0 Å². The lowest BCUT2D eigenvalue weighted by molar-refractivity contribution is -0.127. The van der Waals surface area contributed by atoms with Crippen LogP contribution in [0.25, 0.3) is 0 Å². The summed E-state index contributed by atoms with van der Waals surface area (Å²) in [7, 11) is 0. The van der Waals surface area contributed by atoms with Crippen molar-refractivity contribution in [2.24, 2.45) is 11.8 Å². The van der Waals surface area contributed by atoms with Gasteiger partial charge in [0.2, 0.25) is 11.8 Å². The van der Waals surface area contributed by atoms with Crippen LogP contribution in [-0.2, 0) is 37.4 Å². The maximum absolute atomic E-state index is 13.8. The minimum absolute atomic E-state index is 0.100. The van der Waals surface area contributed by atoms with Crippen LogP contribution in [0.15, 0.2) is 42.5 Å². The van der Waals surface area contributed by atoms with Crippen LogP contribution in [-0.4, -0.2) is 42.8 Å². The third-order valence-electron chi connectivity index (χ3n) is 9.97. The Morgan fingerprint density at radius 3 is 2.49 bits per heavy atom. The number of amides is 3. The summed E-state index contributed by atoms with van der Waals surface area (Å²) in [6.07, 6.45) is 9.10. The number of hydrogen-bond donors (Lipinski definition) is 3. The van der Waals surface area contributed by atoms with Crippen LogP contribution >= 0.6 is 11.6 Å². The number of carbonyl (C=O) groups is 4. The molecule has 0 radical (unpaired) electrons. The Kier molecular flexibility index (Phi) is 10.9. The number of halogens is 1. The van der Waals surface area contributed by atoms with E-state index in [9.17, 15) is 19.2 Å². The minimum atomic E-state index is -0.879. The fraction of sp³-hybridized carbons (Fsp3) is 0.556. The molecule has 0 spiro atoms. The first kappa shape index (κ1) is 33.0. The fourth-order valence-electron chi connectivity index (χ4n) is 7.31. The largest absolute Gasteiger partial charge is 0.440 e. The van der Waals surface area contributed by atoms with Crippen LogP contribution in [0.4, 0.5) is 4.79 Å². The zero-order valence-corrected chi connectivity index (χ0v) is 27.2. The van der Waals surface area contributed by atoms with Crippen LogP contribution in [0, 0.1) is 11.8 Å². The molecule has 242 valence electrons. The van der Waals surface area contributed by atoms with Gasteiger partial charge in [-0.25, -0.2) is 4.79 Å². The number of alkyl carbamates (subject to hydrolysis) is 1. The van der Waals surface area contributed by atoms with Crippen molar-refractivity contribution >= 4 is 35.8 Å². The van der Waals surface area contributed by atoms with Crippen molar-refractivity contribution in [2.45, 2.75) is 108 Å². The lowest BCUT2D eigenvalue weighted by atomic mass is 9.76. The minimum Gasteiger partial charge on any atom is -0.440 e. The molecule has 1 heterocycles. The Morgan fingerprint density at radius 1 is 1.00 bits per heavy atom. The highest BCUT2D eigenvalue weighted by atomic mass is 35.5. The Morgan fingerprint density at radius 2 is 1.78 bits per heavy atom. The lowest BCUT2D eigenvalue weighted by Gasteiger charge is -2.35. The number of carbonyl (C=O) groups excluding carboxylic acids is 4. The van der Waals surface area contributed by atoms with Gasteiger partial charge in [0.05, 0.1) is 6.04 Å². The number of hydrogen-bond acceptors (Lipinski definition) is 5. The van der Waals surface area contributed by atoms with Crippen LogP contribution in [0.1, 0.15) is 100.0 Å². The molecule has 45 heavy (non-hydrogen) atoms. The van der Waals surface area contributed by atoms with Crippen molar-refractivity contribution in [3.63, 3.8) is 0 Å². The van der Waals surface area contributed by atoms with E-state index in [4.69, 9.17) is 16.3 Å². The van der Waals surface area contributed by atoms with E-state index in [1.807, 2.05) is 44.2 Å². The van der Waals surface area contributed by atoms with Gasteiger partial charge in [-0.05, 0) is 78.8 Å². The molecule has 3 amide bonds. The smallest absolute Gasteiger partial charge is 0.408 e. The summed E-state index contributed by atoms with van der Waals surface area (Å²) in [5.74, 6) is -0.579. The molecule has 4 unspecified atom stereocenters. The Bertz CT molecular complexity index is 1390. The lowest BCUT2D eigenvalue weighted by Crippen LogP contribution is -2.52. The van der Waals surface area contributed by atoms with E-state index in [0.29, 0.717) is 30.7 Å². The first-order valence-electron chi connectivity index (χ1n) is 16.5. The average molecular weight is 636 g/mol. The molecular formula is C36H46ClN3O5. The third kappa shape index (κ3) is 8.26. The van der Waals surface area contributed by atoms with E-state index in [-0.39, 0.29) is 24.2 Å². The summed E-state index contributed by atoms with van der Waals surface area (Å²) in [6, 6.07) is 12.2. The summed E-state index contributed by atoms with van der Waals surface area (Å²) >= 11 is 6.38. The standard InChI is InChI=1S/C36H46ClN3O5/c1-36(2,28-12-7-13-29(37)21-28)32(26-15-14-24-10-6-11-25(24)19-26)45-35(44)40-31(18-23-8-4-3-5-9-23)34(43)39-30(22-41)20-27-16-17-38-33(27)42/h7,12-15,19,21-23,27,30-32H,3-6,8-11,16-18,20H2,1-2H3,(H,38,42)(H,39,43)(H,40,44). The van der Waals surface area contributed by atoms with E-state index >= 15 is 0 Å². The second-order valence-corrected chi connectivity index (χ2v) is 14.0. The quantitative estimate of drug-likeness (QED) is 0.243. The van der Waals surface area contributed by atoms with Gasteiger partial charge in [-0.1, -0.05) is 87.9 Å². The summed E-state index contributed by atoms with van der Waals surface area (Å²) in [5, 5.41) is 9.08. The molecule has 3 N–H and O–H groups in total. The predicted molar refractivity (Wildman–Crippen MR) is 174 cm³/mol. The van der Waals surface area contributed by atoms with E-state index in [0.717, 1.165) is 56.1 Å². The SMILES string of the molecule is CC(C)(c1cccc(Cl)c1)C(OC(=O)NC(CC1CCCCC1)C(=O)NC(C=O)CC1CCNC1=O)c1ccc2c(c1)CCC2. The van der Waals surface area contributed by atoms with Gasteiger partial charge in [-0.15, -0.1) is 0 Å². The van der Waals surface area contributed by atoms with Gasteiger partial charge in [-0.2, -0.15) is 0 Å². The summed E-state index contributed by atoms with van der Waals surface area (Å²) in [6.45, 7) is 4.63. The predicted octanol–water partition coefficient (Wildman–Crippen LogP) is 6.12. The van der Waals surface area contributed by atoms with Crippen molar-refractivity contribution < 1.29 is 23.9 Å². The molecule has 5 rings (SSSR count). The average Bonchev–Trinajstić information content (AvgIpc) is 3.67. The molecular weight excluding hydrogens is 590 g/mol. The Hall–Kier alpha value is -3.39. The molecule has 3 aliphatic rings. The second kappa shape index (κ2) is 14.8. The van der Waals surface area contributed by atoms with Crippen LogP contribution in [0.3, 0.4) is 0 Å². The molecule has 9 heteroatoms.